The molecule has 0 saturated carbocycles. The summed E-state index contributed by atoms with van der Waals surface area (Å²) in [5.41, 5.74) is 0. The molecule has 0 heterocycles. The predicted octanol–water partition coefficient (Wildman–Crippen LogP) is 1.66. The number of rotatable bonds is 1. The SMILES string of the molecule is CC(=O)O[C@@H]1C=CCCC1. The van der Waals surface area contributed by atoms with Gasteiger partial charge in [0.25, 0.3) is 0 Å². The Morgan fingerprint density at radius 1 is 1.70 bits per heavy atom. The fourth-order valence-electron chi connectivity index (χ4n) is 1.09. The maximum Gasteiger partial charge on any atom is 0.303 e. The van der Waals surface area contributed by atoms with Gasteiger partial charge in [-0.25, -0.2) is 0 Å². The predicted molar refractivity (Wildman–Crippen MR) is 38.5 cm³/mol. The van der Waals surface area contributed by atoms with Crippen molar-refractivity contribution in [3.63, 3.8) is 0 Å². The van der Waals surface area contributed by atoms with Gasteiger partial charge in [0.1, 0.15) is 6.10 Å². The quantitative estimate of drug-likeness (QED) is 0.409. The van der Waals surface area contributed by atoms with E-state index in [1.165, 1.54) is 6.92 Å². The van der Waals surface area contributed by atoms with Crippen LogP contribution in [0.25, 0.3) is 0 Å². The van der Waals surface area contributed by atoms with Crippen LogP contribution in [-0.2, 0) is 9.53 Å². The van der Waals surface area contributed by atoms with Crippen LogP contribution in [0.1, 0.15) is 26.2 Å². The van der Waals surface area contributed by atoms with Gasteiger partial charge >= 0.3 is 5.97 Å². The highest BCUT2D eigenvalue weighted by Gasteiger charge is 2.09. The van der Waals surface area contributed by atoms with E-state index >= 15 is 0 Å². The topological polar surface area (TPSA) is 26.3 Å². The van der Waals surface area contributed by atoms with E-state index in [9.17, 15) is 4.79 Å². The van der Waals surface area contributed by atoms with Crippen molar-refractivity contribution in [2.45, 2.75) is 32.3 Å². The standard InChI is InChI=1S/C8H12O2/c1-7(9)10-8-5-3-2-4-6-8/h3,5,8H,2,4,6H2,1H3/t8-/m1/s1. The Balaban J connectivity index is 2.33. The molecule has 10 heavy (non-hydrogen) atoms. The summed E-state index contributed by atoms with van der Waals surface area (Å²) in [6, 6.07) is 0. The number of carbonyl (C=O) groups excluding carboxylic acids is 1. The highest BCUT2D eigenvalue weighted by atomic mass is 16.5. The summed E-state index contributed by atoms with van der Waals surface area (Å²) in [6.45, 7) is 1.45. The molecular weight excluding hydrogens is 128 g/mol. The first kappa shape index (κ1) is 7.32. The number of hydrogen-bond acceptors (Lipinski definition) is 2. The molecule has 0 saturated heterocycles. The van der Waals surface area contributed by atoms with Gasteiger partial charge < -0.3 is 4.74 Å². The molecule has 1 aliphatic carbocycles. The fraction of sp³-hybridized carbons (Fsp3) is 0.625. The number of allylic oxidation sites excluding steroid dienone is 1. The zero-order valence-corrected chi connectivity index (χ0v) is 6.17. The fourth-order valence-corrected chi connectivity index (χ4v) is 1.09. The van der Waals surface area contributed by atoms with Crippen LogP contribution in [0.3, 0.4) is 0 Å². The highest BCUT2D eigenvalue weighted by Crippen LogP contribution is 2.13. The van der Waals surface area contributed by atoms with Crippen molar-refractivity contribution in [2.75, 3.05) is 0 Å². The molecule has 0 aromatic heterocycles. The number of hydrogen-bond donors (Lipinski definition) is 0. The van der Waals surface area contributed by atoms with Gasteiger partial charge in [0.2, 0.25) is 0 Å². The van der Waals surface area contributed by atoms with Gasteiger partial charge in [-0.2, -0.15) is 0 Å². The van der Waals surface area contributed by atoms with E-state index in [4.69, 9.17) is 4.74 Å². The molecule has 0 aliphatic heterocycles. The normalized spacial score (nSPS) is 24.3. The molecule has 0 spiro atoms. The van der Waals surface area contributed by atoms with Crippen LogP contribution in [0, 0.1) is 0 Å². The largest absolute Gasteiger partial charge is 0.458 e. The first-order valence-corrected chi connectivity index (χ1v) is 3.63. The molecule has 0 radical (unpaired) electrons. The van der Waals surface area contributed by atoms with E-state index in [0.29, 0.717) is 0 Å². The van der Waals surface area contributed by atoms with Crippen LogP contribution in [-0.4, -0.2) is 12.1 Å². The second-order valence-electron chi connectivity index (χ2n) is 2.51. The van der Waals surface area contributed by atoms with Gasteiger partial charge in [-0.3, -0.25) is 4.79 Å². The first-order chi connectivity index (χ1) is 4.79. The zero-order valence-electron chi connectivity index (χ0n) is 6.17. The monoisotopic (exact) mass is 140 g/mol. The molecule has 1 aliphatic rings. The summed E-state index contributed by atoms with van der Waals surface area (Å²) in [5, 5.41) is 0. The molecule has 0 fully saturated rings. The molecule has 0 aromatic rings. The Bertz CT molecular complexity index is 149. The summed E-state index contributed by atoms with van der Waals surface area (Å²) in [5.74, 6) is -0.184. The Hall–Kier alpha value is -0.790. The van der Waals surface area contributed by atoms with Gasteiger partial charge in [-0.15, -0.1) is 0 Å². The van der Waals surface area contributed by atoms with Crippen LogP contribution in [0.15, 0.2) is 12.2 Å². The minimum Gasteiger partial charge on any atom is -0.458 e. The molecule has 0 aromatic carbocycles. The molecule has 0 N–H and O–H groups in total. The van der Waals surface area contributed by atoms with E-state index in [-0.39, 0.29) is 12.1 Å². The summed E-state index contributed by atoms with van der Waals surface area (Å²) >= 11 is 0. The summed E-state index contributed by atoms with van der Waals surface area (Å²) in [6.07, 6.45) is 7.32. The van der Waals surface area contributed by atoms with Gasteiger partial charge in [0.05, 0.1) is 0 Å². The lowest BCUT2D eigenvalue weighted by atomic mass is 10.1. The maximum atomic E-state index is 10.5. The van der Waals surface area contributed by atoms with Crippen molar-refractivity contribution >= 4 is 5.97 Å². The smallest absolute Gasteiger partial charge is 0.303 e. The van der Waals surface area contributed by atoms with Crippen LogP contribution < -0.4 is 0 Å². The second-order valence-corrected chi connectivity index (χ2v) is 2.51. The molecule has 2 heteroatoms. The summed E-state index contributed by atoms with van der Waals surface area (Å²) in [7, 11) is 0. The lowest BCUT2D eigenvalue weighted by Gasteiger charge is -2.15. The third kappa shape index (κ3) is 2.21. The van der Waals surface area contributed by atoms with Gasteiger partial charge in [0, 0.05) is 6.92 Å². The molecule has 56 valence electrons. The van der Waals surface area contributed by atoms with Gasteiger partial charge in [-0.05, 0) is 25.3 Å². The minimum absolute atomic E-state index is 0.0475. The lowest BCUT2D eigenvalue weighted by Crippen LogP contribution is -2.15. The molecular formula is C8H12O2. The van der Waals surface area contributed by atoms with Crippen LogP contribution in [0.4, 0.5) is 0 Å². The van der Waals surface area contributed by atoms with E-state index in [1.807, 2.05) is 6.08 Å². The highest BCUT2D eigenvalue weighted by molar-refractivity contribution is 5.66. The second kappa shape index (κ2) is 3.40. The zero-order chi connectivity index (χ0) is 7.40. The third-order valence-electron chi connectivity index (χ3n) is 1.53. The summed E-state index contributed by atoms with van der Waals surface area (Å²) in [4.78, 5) is 10.5. The van der Waals surface area contributed by atoms with Crippen LogP contribution in [0.5, 0.6) is 0 Å². The molecule has 1 rings (SSSR count). The van der Waals surface area contributed by atoms with Gasteiger partial charge in [-0.1, -0.05) is 6.08 Å². The molecule has 2 nitrogen and oxygen atoms in total. The van der Waals surface area contributed by atoms with E-state index in [2.05, 4.69) is 6.08 Å². The molecule has 0 bridgehead atoms. The number of esters is 1. The Morgan fingerprint density at radius 3 is 3.00 bits per heavy atom. The van der Waals surface area contributed by atoms with Crippen molar-refractivity contribution in [1.29, 1.82) is 0 Å². The third-order valence-corrected chi connectivity index (χ3v) is 1.53. The van der Waals surface area contributed by atoms with Crippen LogP contribution >= 0.6 is 0 Å². The van der Waals surface area contributed by atoms with Crippen LogP contribution in [0.2, 0.25) is 0 Å². The van der Waals surface area contributed by atoms with Crippen molar-refractivity contribution in [1.82, 2.24) is 0 Å². The Morgan fingerprint density at radius 2 is 2.50 bits per heavy atom. The van der Waals surface area contributed by atoms with Crippen molar-refractivity contribution < 1.29 is 9.53 Å². The Kier molecular flexibility index (Phi) is 2.49. The van der Waals surface area contributed by atoms with Crippen molar-refractivity contribution in [3.05, 3.63) is 12.2 Å². The number of ether oxygens (including phenoxy) is 1. The molecule has 0 unspecified atom stereocenters. The van der Waals surface area contributed by atoms with E-state index in [0.717, 1.165) is 19.3 Å². The molecule has 0 amide bonds. The summed E-state index contributed by atoms with van der Waals surface area (Å²) < 4.78 is 4.97. The Labute approximate surface area is 60.9 Å². The van der Waals surface area contributed by atoms with E-state index < -0.39 is 0 Å². The van der Waals surface area contributed by atoms with Crippen molar-refractivity contribution in [3.8, 4) is 0 Å². The van der Waals surface area contributed by atoms with Gasteiger partial charge in [0.15, 0.2) is 0 Å². The first-order valence-electron chi connectivity index (χ1n) is 3.63. The molecule has 1 atom stereocenters. The average Bonchev–Trinajstić information content (AvgIpc) is 1.88. The maximum absolute atomic E-state index is 10.5. The minimum atomic E-state index is -0.184. The average molecular weight is 140 g/mol. The van der Waals surface area contributed by atoms with Crippen molar-refractivity contribution in [2.24, 2.45) is 0 Å². The number of carbonyl (C=O) groups is 1. The lowest BCUT2D eigenvalue weighted by molar-refractivity contribution is -0.144. The van der Waals surface area contributed by atoms with E-state index in [1.54, 1.807) is 0 Å².